The number of aliphatic hydroxyl groups is 1. The van der Waals surface area contributed by atoms with Crippen LogP contribution in [0.25, 0.3) is 0 Å². The number of nitrogens with zero attached hydrogens (tertiary/aromatic N) is 1. The molecule has 1 fully saturated rings. The van der Waals surface area contributed by atoms with Crippen molar-refractivity contribution in [2.45, 2.75) is 64.0 Å². The summed E-state index contributed by atoms with van der Waals surface area (Å²) in [7, 11) is 2.22. The summed E-state index contributed by atoms with van der Waals surface area (Å²) >= 11 is 0. The van der Waals surface area contributed by atoms with Crippen LogP contribution >= 0.6 is 0 Å². The normalized spacial score (nSPS) is 18.2. The van der Waals surface area contributed by atoms with Gasteiger partial charge in [0.15, 0.2) is 0 Å². The molecule has 0 spiro atoms. The first-order valence-corrected chi connectivity index (χ1v) is 11.1. The molecule has 2 unspecified atom stereocenters. The van der Waals surface area contributed by atoms with Gasteiger partial charge >= 0.3 is 0 Å². The van der Waals surface area contributed by atoms with Gasteiger partial charge in [0.05, 0.1) is 0 Å². The van der Waals surface area contributed by atoms with Crippen molar-refractivity contribution in [2.75, 3.05) is 13.6 Å². The molecule has 0 amide bonds. The molecule has 2 aromatic carbocycles. The summed E-state index contributed by atoms with van der Waals surface area (Å²) in [6, 6.07) is 20.8. The maximum Gasteiger partial charge on any atom is 0.118 e. The summed E-state index contributed by atoms with van der Waals surface area (Å²) in [5.41, 5.74) is 0.963. The van der Waals surface area contributed by atoms with E-state index in [1.54, 1.807) is 0 Å². The molecule has 2 nitrogen and oxygen atoms in total. The van der Waals surface area contributed by atoms with E-state index in [2.05, 4.69) is 50.1 Å². The van der Waals surface area contributed by atoms with Gasteiger partial charge in [0, 0.05) is 18.5 Å². The molecule has 0 heterocycles. The van der Waals surface area contributed by atoms with Crippen LogP contribution in [0.1, 0.15) is 63.5 Å². The number of hydrogen-bond donors (Lipinski definition) is 1. The minimum Gasteiger partial charge on any atom is -0.380 e. The Balaban J connectivity index is 1.75. The Hall–Kier alpha value is -1.64. The summed E-state index contributed by atoms with van der Waals surface area (Å²) in [5, 5.41) is 11.9. The quantitative estimate of drug-likeness (QED) is 0.622. The molecule has 0 saturated heterocycles. The van der Waals surface area contributed by atoms with Gasteiger partial charge in [-0.1, -0.05) is 99.7 Å². The molecular formula is C26H37NO. The van der Waals surface area contributed by atoms with Crippen LogP contribution in [0, 0.1) is 11.8 Å². The highest BCUT2D eigenvalue weighted by Gasteiger charge is 2.38. The molecule has 1 aliphatic rings. The molecule has 3 rings (SSSR count). The fourth-order valence-corrected chi connectivity index (χ4v) is 4.95. The van der Waals surface area contributed by atoms with Crippen molar-refractivity contribution >= 4 is 0 Å². The monoisotopic (exact) mass is 379 g/mol. The van der Waals surface area contributed by atoms with Crippen LogP contribution in [-0.2, 0) is 5.60 Å². The van der Waals surface area contributed by atoms with E-state index in [1.807, 2.05) is 36.4 Å². The number of hydrogen-bond acceptors (Lipinski definition) is 2. The van der Waals surface area contributed by atoms with Gasteiger partial charge in [0.25, 0.3) is 0 Å². The van der Waals surface area contributed by atoms with Gasteiger partial charge < -0.3 is 10.0 Å². The fraction of sp³-hybridized carbons (Fsp3) is 0.538. The Morgan fingerprint density at radius 3 is 1.89 bits per heavy atom. The van der Waals surface area contributed by atoms with Crippen LogP contribution in [0.3, 0.4) is 0 Å². The predicted octanol–water partition coefficient (Wildman–Crippen LogP) is 5.85. The highest BCUT2D eigenvalue weighted by Crippen LogP contribution is 2.37. The molecule has 2 atom stereocenters. The van der Waals surface area contributed by atoms with E-state index in [0.29, 0.717) is 6.04 Å². The number of benzene rings is 2. The molecule has 1 N–H and O–H groups in total. The van der Waals surface area contributed by atoms with Crippen LogP contribution in [0.5, 0.6) is 0 Å². The second-order valence-electron chi connectivity index (χ2n) is 8.93. The second-order valence-corrected chi connectivity index (χ2v) is 8.93. The molecule has 0 radical (unpaired) electrons. The highest BCUT2D eigenvalue weighted by molar-refractivity contribution is 5.36. The molecule has 0 aliphatic heterocycles. The van der Waals surface area contributed by atoms with E-state index < -0.39 is 5.60 Å². The van der Waals surface area contributed by atoms with Gasteiger partial charge in [-0.3, -0.25) is 0 Å². The van der Waals surface area contributed by atoms with E-state index >= 15 is 0 Å². The zero-order valence-corrected chi connectivity index (χ0v) is 17.8. The molecule has 0 aromatic heterocycles. The van der Waals surface area contributed by atoms with Gasteiger partial charge in [0.2, 0.25) is 0 Å². The number of rotatable bonds is 8. The summed E-state index contributed by atoms with van der Waals surface area (Å²) in [5.74, 6) is 0.958. The maximum absolute atomic E-state index is 11.9. The lowest BCUT2D eigenvalue weighted by molar-refractivity contribution is 0.00464. The van der Waals surface area contributed by atoms with Crippen molar-refractivity contribution in [1.82, 2.24) is 4.90 Å². The molecule has 2 aromatic rings. The smallest absolute Gasteiger partial charge is 0.118 e. The standard InChI is InChI=1S/C26H37NO/c1-21(20-27(3)22(2)19-23-13-7-4-8-14-23)26(28,24-15-9-5-10-16-24)25-17-11-6-12-18-25/h5-6,9-12,15-18,21-23,28H,4,7-8,13-14,19-20H2,1-3H3. The van der Waals surface area contributed by atoms with Crippen molar-refractivity contribution in [2.24, 2.45) is 11.8 Å². The van der Waals surface area contributed by atoms with Gasteiger partial charge in [-0.15, -0.1) is 0 Å². The zero-order valence-electron chi connectivity index (χ0n) is 17.8. The fourth-order valence-electron chi connectivity index (χ4n) is 4.95. The minimum atomic E-state index is -0.985. The summed E-state index contributed by atoms with van der Waals surface area (Å²) in [4.78, 5) is 2.45. The predicted molar refractivity (Wildman–Crippen MR) is 118 cm³/mol. The Labute approximate surface area is 171 Å². The van der Waals surface area contributed by atoms with Gasteiger partial charge in [-0.05, 0) is 37.4 Å². The first kappa shape index (κ1) is 21.1. The first-order valence-electron chi connectivity index (χ1n) is 11.1. The van der Waals surface area contributed by atoms with Crippen LogP contribution in [0.2, 0.25) is 0 Å². The molecule has 1 aliphatic carbocycles. The molecule has 1 saturated carbocycles. The minimum absolute atomic E-state index is 0.0797. The molecule has 28 heavy (non-hydrogen) atoms. The van der Waals surface area contributed by atoms with Crippen molar-refractivity contribution in [3.8, 4) is 0 Å². The SMILES string of the molecule is CC(CC1CCCCC1)N(C)CC(C)C(O)(c1ccccc1)c1ccccc1. The van der Waals surface area contributed by atoms with Crippen molar-refractivity contribution in [1.29, 1.82) is 0 Å². The Bertz CT molecular complexity index is 653. The topological polar surface area (TPSA) is 23.5 Å². The van der Waals surface area contributed by atoms with E-state index in [0.717, 1.165) is 23.6 Å². The average Bonchev–Trinajstić information content (AvgIpc) is 2.75. The van der Waals surface area contributed by atoms with Crippen molar-refractivity contribution < 1.29 is 5.11 Å². The van der Waals surface area contributed by atoms with Crippen molar-refractivity contribution in [3.05, 3.63) is 71.8 Å². The zero-order chi connectivity index (χ0) is 20.0. The largest absolute Gasteiger partial charge is 0.380 e. The lowest BCUT2D eigenvalue weighted by atomic mass is 9.76. The van der Waals surface area contributed by atoms with Gasteiger partial charge in [-0.2, -0.15) is 0 Å². The van der Waals surface area contributed by atoms with Crippen LogP contribution < -0.4 is 0 Å². The van der Waals surface area contributed by atoms with Gasteiger partial charge in [0.1, 0.15) is 5.60 Å². The Morgan fingerprint density at radius 2 is 1.39 bits per heavy atom. The van der Waals surface area contributed by atoms with Crippen LogP contribution in [0.15, 0.2) is 60.7 Å². The molecular weight excluding hydrogens is 342 g/mol. The molecule has 0 bridgehead atoms. The van der Waals surface area contributed by atoms with E-state index in [4.69, 9.17) is 0 Å². The summed E-state index contributed by atoms with van der Waals surface area (Å²) in [6.07, 6.45) is 8.28. The highest BCUT2D eigenvalue weighted by atomic mass is 16.3. The maximum atomic E-state index is 11.9. The van der Waals surface area contributed by atoms with E-state index in [9.17, 15) is 5.11 Å². The van der Waals surface area contributed by atoms with Crippen LogP contribution in [0.4, 0.5) is 0 Å². The third-order valence-corrected chi connectivity index (χ3v) is 6.85. The Kier molecular flexibility index (Phi) is 7.31. The molecule has 152 valence electrons. The second kappa shape index (κ2) is 9.71. The summed E-state index contributed by atoms with van der Waals surface area (Å²) in [6.45, 7) is 5.41. The van der Waals surface area contributed by atoms with E-state index in [-0.39, 0.29) is 5.92 Å². The lowest BCUT2D eigenvalue weighted by Crippen LogP contribution is -2.43. The molecule has 2 heteroatoms. The summed E-state index contributed by atoms with van der Waals surface area (Å²) < 4.78 is 0. The van der Waals surface area contributed by atoms with Crippen LogP contribution in [-0.4, -0.2) is 29.6 Å². The third kappa shape index (κ3) is 4.85. The van der Waals surface area contributed by atoms with Crippen molar-refractivity contribution in [3.63, 3.8) is 0 Å². The third-order valence-electron chi connectivity index (χ3n) is 6.85. The first-order chi connectivity index (χ1) is 13.5. The van der Waals surface area contributed by atoms with E-state index in [1.165, 1.54) is 38.5 Å². The van der Waals surface area contributed by atoms with Gasteiger partial charge in [-0.25, -0.2) is 0 Å². The Morgan fingerprint density at radius 1 is 0.893 bits per heavy atom. The average molecular weight is 380 g/mol. The lowest BCUT2D eigenvalue weighted by Gasteiger charge is -2.39.